The molecule has 0 bridgehead atoms. The summed E-state index contributed by atoms with van der Waals surface area (Å²) in [5.74, 6) is 0.0441. The standard InChI is InChI=1S/C22H22N4O2S/c1-25-19-7-3-2-6-17(19)21(18(14-23)22(25)28)26-10-8-15(9-11-26)24-20(27)13-16-5-4-12-29-16/h2-7,12,15H,8-11,13H2,1H3,(H,24,27). The van der Waals surface area contributed by atoms with E-state index in [0.29, 0.717) is 19.5 Å². The summed E-state index contributed by atoms with van der Waals surface area (Å²) < 4.78 is 1.54. The number of para-hydroxylation sites is 1. The lowest BCUT2D eigenvalue weighted by molar-refractivity contribution is -0.121. The van der Waals surface area contributed by atoms with Crippen molar-refractivity contribution in [2.45, 2.75) is 25.3 Å². The number of carbonyl (C=O) groups is 1. The number of hydrogen-bond donors (Lipinski definition) is 1. The highest BCUT2D eigenvalue weighted by Crippen LogP contribution is 2.30. The quantitative estimate of drug-likeness (QED) is 0.723. The van der Waals surface area contributed by atoms with Gasteiger partial charge in [-0.2, -0.15) is 5.26 Å². The van der Waals surface area contributed by atoms with Gasteiger partial charge >= 0.3 is 0 Å². The highest BCUT2D eigenvalue weighted by Gasteiger charge is 2.26. The molecule has 3 aromatic rings. The number of amides is 1. The molecule has 6 nitrogen and oxygen atoms in total. The summed E-state index contributed by atoms with van der Waals surface area (Å²) in [7, 11) is 1.70. The van der Waals surface area contributed by atoms with Crippen LogP contribution < -0.4 is 15.8 Å². The Hall–Kier alpha value is -3.11. The molecule has 0 spiro atoms. The third-order valence-electron chi connectivity index (χ3n) is 5.48. The van der Waals surface area contributed by atoms with Crippen LogP contribution in [0.2, 0.25) is 0 Å². The predicted octanol–water partition coefficient (Wildman–Crippen LogP) is 2.80. The van der Waals surface area contributed by atoms with Crippen LogP contribution in [0.5, 0.6) is 0 Å². The number of nitriles is 1. The maximum absolute atomic E-state index is 12.7. The van der Waals surface area contributed by atoms with Gasteiger partial charge in [0.1, 0.15) is 11.6 Å². The van der Waals surface area contributed by atoms with Crippen LogP contribution in [0.25, 0.3) is 10.9 Å². The number of thiophene rings is 1. The molecular formula is C22H22N4O2S. The number of hydrogen-bond acceptors (Lipinski definition) is 5. The number of pyridine rings is 1. The van der Waals surface area contributed by atoms with Crippen molar-refractivity contribution < 1.29 is 4.79 Å². The molecule has 1 aromatic carbocycles. The van der Waals surface area contributed by atoms with Crippen LogP contribution in [0.4, 0.5) is 5.69 Å². The Bertz CT molecular complexity index is 1140. The fraction of sp³-hybridized carbons (Fsp3) is 0.318. The first-order valence-corrected chi connectivity index (χ1v) is 10.5. The molecule has 4 rings (SSSR count). The molecule has 3 heterocycles. The van der Waals surface area contributed by atoms with Crippen molar-refractivity contribution in [2.75, 3.05) is 18.0 Å². The van der Waals surface area contributed by atoms with Crippen LogP contribution in [-0.4, -0.2) is 29.6 Å². The first-order chi connectivity index (χ1) is 14.1. The van der Waals surface area contributed by atoms with Crippen molar-refractivity contribution in [2.24, 2.45) is 7.05 Å². The Balaban J connectivity index is 1.52. The number of aryl methyl sites for hydroxylation is 1. The molecule has 1 amide bonds. The van der Waals surface area contributed by atoms with Gasteiger partial charge < -0.3 is 14.8 Å². The van der Waals surface area contributed by atoms with Crippen LogP contribution in [0, 0.1) is 11.3 Å². The molecule has 7 heteroatoms. The highest BCUT2D eigenvalue weighted by molar-refractivity contribution is 7.10. The van der Waals surface area contributed by atoms with Crippen LogP contribution in [0.15, 0.2) is 46.6 Å². The third-order valence-corrected chi connectivity index (χ3v) is 6.36. The van der Waals surface area contributed by atoms with E-state index < -0.39 is 0 Å². The number of aromatic nitrogens is 1. The summed E-state index contributed by atoms with van der Waals surface area (Å²) in [6.45, 7) is 1.38. The van der Waals surface area contributed by atoms with Crippen molar-refractivity contribution in [3.8, 4) is 6.07 Å². The Morgan fingerprint density at radius 1 is 1.24 bits per heavy atom. The SMILES string of the molecule is Cn1c(=O)c(C#N)c(N2CCC(NC(=O)Cc3cccs3)CC2)c2ccccc21. The smallest absolute Gasteiger partial charge is 0.270 e. The molecule has 0 aliphatic carbocycles. The van der Waals surface area contributed by atoms with Gasteiger partial charge in [0.05, 0.1) is 17.6 Å². The molecular weight excluding hydrogens is 384 g/mol. The summed E-state index contributed by atoms with van der Waals surface area (Å²) in [5, 5.41) is 15.7. The van der Waals surface area contributed by atoms with E-state index in [1.807, 2.05) is 41.8 Å². The minimum absolute atomic E-state index is 0.0441. The van der Waals surface area contributed by atoms with Gasteiger partial charge in [0.25, 0.3) is 5.56 Å². The molecule has 0 atom stereocenters. The number of nitrogens with zero attached hydrogens (tertiary/aromatic N) is 3. The second-order valence-electron chi connectivity index (χ2n) is 7.30. The topological polar surface area (TPSA) is 78.1 Å². The second kappa shape index (κ2) is 8.10. The zero-order valence-electron chi connectivity index (χ0n) is 16.2. The van der Waals surface area contributed by atoms with Gasteiger partial charge in [-0.15, -0.1) is 11.3 Å². The summed E-state index contributed by atoms with van der Waals surface area (Å²) in [5.41, 5.74) is 1.45. The van der Waals surface area contributed by atoms with Crippen LogP contribution in [0.1, 0.15) is 23.3 Å². The lowest BCUT2D eigenvalue weighted by Crippen LogP contribution is -2.45. The summed E-state index contributed by atoms with van der Waals surface area (Å²) in [4.78, 5) is 28.2. The molecule has 1 saturated heterocycles. The maximum Gasteiger partial charge on any atom is 0.270 e. The largest absolute Gasteiger partial charge is 0.370 e. The molecule has 1 N–H and O–H groups in total. The average molecular weight is 407 g/mol. The number of anilines is 1. The monoisotopic (exact) mass is 406 g/mol. The van der Waals surface area contributed by atoms with E-state index in [1.54, 1.807) is 18.4 Å². The molecule has 0 radical (unpaired) electrons. The predicted molar refractivity (Wildman–Crippen MR) is 115 cm³/mol. The van der Waals surface area contributed by atoms with E-state index >= 15 is 0 Å². The van der Waals surface area contributed by atoms with Crippen LogP contribution in [-0.2, 0) is 18.3 Å². The molecule has 1 fully saturated rings. The fourth-order valence-electron chi connectivity index (χ4n) is 4.01. The van der Waals surface area contributed by atoms with E-state index in [2.05, 4.69) is 16.3 Å². The average Bonchev–Trinajstić information content (AvgIpc) is 3.24. The van der Waals surface area contributed by atoms with Gasteiger partial charge in [-0.25, -0.2) is 0 Å². The molecule has 2 aromatic heterocycles. The fourth-order valence-corrected chi connectivity index (χ4v) is 4.71. The Kier molecular flexibility index (Phi) is 5.36. The van der Waals surface area contributed by atoms with E-state index in [0.717, 1.165) is 34.3 Å². The summed E-state index contributed by atoms with van der Waals surface area (Å²) >= 11 is 1.59. The van der Waals surface area contributed by atoms with E-state index in [9.17, 15) is 14.9 Å². The zero-order valence-corrected chi connectivity index (χ0v) is 17.0. The normalized spacial score (nSPS) is 14.7. The number of fused-ring (bicyclic) bond motifs is 1. The van der Waals surface area contributed by atoms with Crippen molar-refractivity contribution in [1.29, 1.82) is 5.26 Å². The Morgan fingerprint density at radius 2 is 2.00 bits per heavy atom. The summed E-state index contributed by atoms with van der Waals surface area (Å²) in [6, 6.07) is 13.8. The van der Waals surface area contributed by atoms with Gasteiger partial charge in [0, 0.05) is 36.4 Å². The first-order valence-electron chi connectivity index (χ1n) is 9.67. The minimum atomic E-state index is -0.271. The second-order valence-corrected chi connectivity index (χ2v) is 8.33. The van der Waals surface area contributed by atoms with Crippen molar-refractivity contribution in [3.63, 3.8) is 0 Å². The molecule has 1 aliphatic heterocycles. The maximum atomic E-state index is 12.7. The van der Waals surface area contributed by atoms with Gasteiger partial charge in [-0.3, -0.25) is 9.59 Å². The summed E-state index contributed by atoms with van der Waals surface area (Å²) in [6.07, 6.45) is 1.98. The molecule has 29 heavy (non-hydrogen) atoms. The van der Waals surface area contributed by atoms with Crippen molar-refractivity contribution in [3.05, 3.63) is 62.6 Å². The van der Waals surface area contributed by atoms with Gasteiger partial charge in [0.2, 0.25) is 5.91 Å². The van der Waals surface area contributed by atoms with E-state index in [-0.39, 0.29) is 23.1 Å². The van der Waals surface area contributed by atoms with Gasteiger partial charge in [0.15, 0.2) is 0 Å². The van der Waals surface area contributed by atoms with Crippen LogP contribution in [0.3, 0.4) is 0 Å². The number of piperidine rings is 1. The van der Waals surface area contributed by atoms with Crippen molar-refractivity contribution in [1.82, 2.24) is 9.88 Å². The Labute approximate surface area is 173 Å². The Morgan fingerprint density at radius 3 is 2.69 bits per heavy atom. The van der Waals surface area contributed by atoms with Gasteiger partial charge in [-0.1, -0.05) is 24.3 Å². The number of rotatable bonds is 4. The lowest BCUT2D eigenvalue weighted by atomic mass is 10.0. The molecule has 0 unspecified atom stereocenters. The zero-order chi connectivity index (χ0) is 20.4. The first kappa shape index (κ1) is 19.2. The van der Waals surface area contributed by atoms with E-state index in [1.165, 1.54) is 4.57 Å². The van der Waals surface area contributed by atoms with Crippen molar-refractivity contribution >= 4 is 33.8 Å². The van der Waals surface area contributed by atoms with Gasteiger partial charge in [-0.05, 0) is 30.4 Å². The van der Waals surface area contributed by atoms with Crippen LogP contribution >= 0.6 is 11.3 Å². The third kappa shape index (κ3) is 3.76. The van der Waals surface area contributed by atoms with E-state index in [4.69, 9.17) is 0 Å². The molecule has 148 valence electrons. The molecule has 0 saturated carbocycles. The number of benzene rings is 1. The lowest BCUT2D eigenvalue weighted by Gasteiger charge is -2.35. The highest BCUT2D eigenvalue weighted by atomic mass is 32.1. The number of nitrogens with one attached hydrogen (secondary N) is 1. The number of carbonyl (C=O) groups excluding carboxylic acids is 1. The minimum Gasteiger partial charge on any atom is -0.370 e. The molecule has 1 aliphatic rings.